The van der Waals surface area contributed by atoms with Gasteiger partial charge in [-0.3, -0.25) is 0 Å². The molecule has 0 bridgehead atoms. The molecule has 102 valence electrons. The van der Waals surface area contributed by atoms with Crippen LogP contribution in [-0.2, 0) is 0 Å². The Labute approximate surface area is 135 Å². The van der Waals surface area contributed by atoms with Gasteiger partial charge in [-0.05, 0) is 23.6 Å². The highest BCUT2D eigenvalue weighted by atomic mass is 35.5. The van der Waals surface area contributed by atoms with Crippen molar-refractivity contribution in [2.45, 2.75) is 0 Å². The summed E-state index contributed by atoms with van der Waals surface area (Å²) in [5, 5.41) is 3.53. The van der Waals surface area contributed by atoms with Crippen LogP contribution in [0.3, 0.4) is 0 Å². The number of aromatic nitrogens is 2. The molecule has 0 aliphatic rings. The van der Waals surface area contributed by atoms with Gasteiger partial charge in [0.15, 0.2) is 5.82 Å². The van der Waals surface area contributed by atoms with E-state index < -0.39 is 0 Å². The highest BCUT2D eigenvalue weighted by molar-refractivity contribution is 7.19. The molecule has 0 amide bonds. The van der Waals surface area contributed by atoms with Gasteiger partial charge >= 0.3 is 0 Å². The van der Waals surface area contributed by atoms with Crippen LogP contribution >= 0.6 is 34.5 Å². The summed E-state index contributed by atoms with van der Waals surface area (Å²) in [6.07, 6.45) is 0. The van der Waals surface area contributed by atoms with Gasteiger partial charge in [0.05, 0.1) is 14.7 Å². The summed E-state index contributed by atoms with van der Waals surface area (Å²) < 4.78 is 0.711. The van der Waals surface area contributed by atoms with Gasteiger partial charge < -0.3 is 0 Å². The predicted octanol–water partition coefficient (Wildman–Crippen LogP) is 5.82. The molecule has 2 aromatic heterocycles. The molecule has 21 heavy (non-hydrogen) atoms. The molecule has 0 radical (unpaired) electrons. The summed E-state index contributed by atoms with van der Waals surface area (Å²) in [7, 11) is 0. The summed E-state index contributed by atoms with van der Waals surface area (Å²) >= 11 is 13.8. The third-order valence-electron chi connectivity index (χ3n) is 3.34. The molecule has 0 atom stereocenters. The van der Waals surface area contributed by atoms with E-state index in [9.17, 15) is 0 Å². The molecule has 2 nitrogen and oxygen atoms in total. The van der Waals surface area contributed by atoms with Crippen molar-refractivity contribution in [3.8, 4) is 10.7 Å². The Morgan fingerprint density at radius 3 is 2.48 bits per heavy atom. The SMILES string of the molecule is Clc1ccc(-c2nc(Cl)c3ccc4ccccc4c3n2)s1. The molecule has 0 saturated heterocycles. The van der Waals surface area contributed by atoms with Gasteiger partial charge in [-0.25, -0.2) is 9.97 Å². The monoisotopic (exact) mass is 330 g/mol. The number of hydrogen-bond donors (Lipinski definition) is 0. The van der Waals surface area contributed by atoms with Crippen LogP contribution in [0.25, 0.3) is 32.4 Å². The fraction of sp³-hybridized carbons (Fsp3) is 0. The number of nitrogens with zero attached hydrogens (tertiary/aromatic N) is 2. The van der Waals surface area contributed by atoms with Crippen molar-refractivity contribution in [3.63, 3.8) is 0 Å². The fourth-order valence-electron chi connectivity index (χ4n) is 2.37. The topological polar surface area (TPSA) is 25.8 Å². The van der Waals surface area contributed by atoms with E-state index in [1.165, 1.54) is 11.3 Å². The first-order chi connectivity index (χ1) is 10.2. The largest absolute Gasteiger partial charge is 0.226 e. The van der Waals surface area contributed by atoms with Crippen LogP contribution in [0.2, 0.25) is 9.49 Å². The Morgan fingerprint density at radius 2 is 1.67 bits per heavy atom. The standard InChI is InChI=1S/C16H8Cl2N2S/c17-13-8-7-12(21-13)16-19-14-10-4-2-1-3-9(10)5-6-11(14)15(18)20-16/h1-8H. The first-order valence-electron chi connectivity index (χ1n) is 6.33. The molecule has 2 heterocycles. The van der Waals surface area contributed by atoms with Crippen LogP contribution in [0.1, 0.15) is 0 Å². The minimum absolute atomic E-state index is 0.463. The predicted molar refractivity (Wildman–Crippen MR) is 90.4 cm³/mol. The van der Waals surface area contributed by atoms with Crippen LogP contribution in [0.4, 0.5) is 0 Å². The molecule has 4 aromatic rings. The lowest BCUT2D eigenvalue weighted by Gasteiger charge is -2.06. The van der Waals surface area contributed by atoms with Crippen molar-refractivity contribution in [3.05, 3.63) is 58.0 Å². The molecule has 0 unspecified atom stereocenters. The smallest absolute Gasteiger partial charge is 0.171 e. The second kappa shape index (κ2) is 4.95. The maximum Gasteiger partial charge on any atom is 0.171 e. The van der Waals surface area contributed by atoms with Crippen molar-refractivity contribution in [2.75, 3.05) is 0 Å². The van der Waals surface area contributed by atoms with Crippen molar-refractivity contribution in [2.24, 2.45) is 0 Å². The summed E-state index contributed by atoms with van der Waals surface area (Å²) in [6.45, 7) is 0. The summed E-state index contributed by atoms with van der Waals surface area (Å²) in [5.41, 5.74) is 0.868. The third-order valence-corrected chi connectivity index (χ3v) is 4.85. The van der Waals surface area contributed by atoms with Gasteiger partial charge in [-0.2, -0.15) is 0 Å². The van der Waals surface area contributed by atoms with E-state index in [2.05, 4.69) is 11.1 Å². The Kier molecular flexibility index (Phi) is 3.07. The van der Waals surface area contributed by atoms with Gasteiger partial charge in [0.2, 0.25) is 0 Å². The highest BCUT2D eigenvalue weighted by Gasteiger charge is 2.11. The van der Waals surface area contributed by atoms with Gasteiger partial charge in [-0.1, -0.05) is 53.5 Å². The normalized spacial score (nSPS) is 11.3. The Balaban J connectivity index is 2.09. The highest BCUT2D eigenvalue weighted by Crippen LogP contribution is 2.33. The molecule has 4 rings (SSSR count). The van der Waals surface area contributed by atoms with Crippen molar-refractivity contribution >= 4 is 56.2 Å². The average Bonchev–Trinajstić information content (AvgIpc) is 2.93. The van der Waals surface area contributed by atoms with Gasteiger partial charge in [0.25, 0.3) is 0 Å². The second-order valence-electron chi connectivity index (χ2n) is 4.62. The Hall–Kier alpha value is -1.68. The minimum Gasteiger partial charge on any atom is -0.226 e. The summed E-state index contributed by atoms with van der Waals surface area (Å²) in [4.78, 5) is 10.0. The lowest BCUT2D eigenvalue weighted by Crippen LogP contribution is -1.91. The number of rotatable bonds is 1. The van der Waals surface area contributed by atoms with Crippen molar-refractivity contribution in [1.29, 1.82) is 0 Å². The lowest BCUT2D eigenvalue weighted by atomic mass is 10.1. The zero-order valence-corrected chi connectivity index (χ0v) is 13.0. The zero-order valence-electron chi connectivity index (χ0n) is 10.7. The lowest BCUT2D eigenvalue weighted by molar-refractivity contribution is 1.24. The van der Waals surface area contributed by atoms with E-state index in [0.717, 1.165) is 26.6 Å². The fourth-order valence-corrected chi connectivity index (χ4v) is 3.58. The van der Waals surface area contributed by atoms with E-state index >= 15 is 0 Å². The molecule has 0 spiro atoms. The number of thiophene rings is 1. The average molecular weight is 331 g/mol. The van der Waals surface area contributed by atoms with Gasteiger partial charge in [0, 0.05) is 10.8 Å². The van der Waals surface area contributed by atoms with Crippen LogP contribution in [0, 0.1) is 0 Å². The maximum absolute atomic E-state index is 6.34. The minimum atomic E-state index is 0.463. The quantitative estimate of drug-likeness (QED) is 0.324. The van der Waals surface area contributed by atoms with Crippen molar-refractivity contribution < 1.29 is 0 Å². The maximum atomic E-state index is 6.34. The van der Waals surface area contributed by atoms with E-state index in [4.69, 9.17) is 28.2 Å². The Morgan fingerprint density at radius 1 is 0.810 bits per heavy atom. The Bertz CT molecular complexity index is 979. The van der Waals surface area contributed by atoms with E-state index in [1.54, 1.807) is 0 Å². The van der Waals surface area contributed by atoms with Crippen LogP contribution in [-0.4, -0.2) is 9.97 Å². The van der Waals surface area contributed by atoms with E-state index in [-0.39, 0.29) is 0 Å². The second-order valence-corrected chi connectivity index (χ2v) is 6.70. The zero-order chi connectivity index (χ0) is 14.4. The molecule has 0 aliphatic carbocycles. The molecule has 5 heteroatoms. The van der Waals surface area contributed by atoms with Crippen LogP contribution in [0.15, 0.2) is 48.5 Å². The van der Waals surface area contributed by atoms with E-state index in [0.29, 0.717) is 15.3 Å². The van der Waals surface area contributed by atoms with Crippen molar-refractivity contribution in [1.82, 2.24) is 9.97 Å². The number of benzene rings is 2. The molecule has 2 aromatic carbocycles. The molecular weight excluding hydrogens is 323 g/mol. The number of fused-ring (bicyclic) bond motifs is 3. The number of hydrogen-bond acceptors (Lipinski definition) is 3. The van der Waals surface area contributed by atoms with Gasteiger partial charge in [-0.15, -0.1) is 11.3 Å². The van der Waals surface area contributed by atoms with E-state index in [1.807, 2.05) is 42.5 Å². The van der Waals surface area contributed by atoms with Crippen LogP contribution < -0.4 is 0 Å². The van der Waals surface area contributed by atoms with Gasteiger partial charge in [0.1, 0.15) is 5.15 Å². The molecule has 0 saturated carbocycles. The summed E-state index contributed by atoms with van der Waals surface area (Å²) in [6, 6.07) is 15.9. The molecule has 0 aliphatic heterocycles. The summed E-state index contributed by atoms with van der Waals surface area (Å²) in [5.74, 6) is 0.612. The number of halogens is 2. The molecule has 0 fully saturated rings. The first kappa shape index (κ1) is 13.0. The molecular formula is C16H8Cl2N2S. The first-order valence-corrected chi connectivity index (χ1v) is 7.90. The third kappa shape index (κ3) is 2.18. The molecule has 0 N–H and O–H groups in total. The van der Waals surface area contributed by atoms with Crippen LogP contribution in [0.5, 0.6) is 0 Å².